The van der Waals surface area contributed by atoms with Crippen LogP contribution in [-0.4, -0.2) is 37.2 Å². The van der Waals surface area contributed by atoms with Crippen molar-refractivity contribution in [2.24, 2.45) is 0 Å². The molecule has 0 rings (SSSR count). The molecule has 0 spiro atoms. The van der Waals surface area contributed by atoms with Crippen LogP contribution in [0.1, 0.15) is 310 Å². The Hall–Kier alpha value is -2.63. The molecule has 1 unspecified atom stereocenters. The molecule has 0 aromatic rings. The normalized spacial score (nSPS) is 12.3. The van der Waals surface area contributed by atoms with E-state index in [0.717, 1.165) is 89.9 Å². The van der Waals surface area contributed by atoms with Crippen LogP contribution in [0, 0.1) is 0 Å². The minimum atomic E-state index is -0.773. The molecule has 0 fully saturated rings. The van der Waals surface area contributed by atoms with E-state index in [1.165, 1.54) is 180 Å². The first-order valence-corrected chi connectivity index (χ1v) is 29.6. The monoisotopic (exact) mass is 953 g/mol. The number of carbonyl (C=O) groups is 3. The molecule has 6 nitrogen and oxygen atoms in total. The zero-order valence-corrected chi connectivity index (χ0v) is 45.4. The number of ether oxygens (including phenoxy) is 3. The largest absolute Gasteiger partial charge is 0.462 e. The van der Waals surface area contributed by atoms with Gasteiger partial charge in [-0.25, -0.2) is 0 Å². The third-order valence-corrected chi connectivity index (χ3v) is 13.1. The van der Waals surface area contributed by atoms with Crippen LogP contribution in [0.5, 0.6) is 0 Å². The minimum absolute atomic E-state index is 0.0725. The van der Waals surface area contributed by atoms with Crippen molar-refractivity contribution < 1.29 is 28.6 Å². The fraction of sp³-hybridized carbons (Fsp3) is 0.823. The fourth-order valence-electron chi connectivity index (χ4n) is 8.67. The summed E-state index contributed by atoms with van der Waals surface area (Å²) in [5, 5.41) is 0. The van der Waals surface area contributed by atoms with Gasteiger partial charge in [-0.1, -0.05) is 281 Å². The van der Waals surface area contributed by atoms with Gasteiger partial charge in [0.25, 0.3) is 0 Å². The summed E-state index contributed by atoms with van der Waals surface area (Å²) >= 11 is 0. The van der Waals surface area contributed by atoms with Crippen LogP contribution in [-0.2, 0) is 28.6 Å². The first-order chi connectivity index (χ1) is 33.5. The topological polar surface area (TPSA) is 78.9 Å². The first-order valence-electron chi connectivity index (χ1n) is 29.6. The predicted molar refractivity (Wildman–Crippen MR) is 293 cm³/mol. The second-order valence-electron chi connectivity index (χ2n) is 19.9. The Morgan fingerprint density at radius 1 is 0.309 bits per heavy atom. The molecular weight excluding hydrogens is 841 g/mol. The van der Waals surface area contributed by atoms with E-state index in [-0.39, 0.29) is 31.1 Å². The number of esters is 3. The maximum atomic E-state index is 12.8. The molecule has 0 aliphatic heterocycles. The number of unbranched alkanes of at least 4 members (excludes halogenated alkanes) is 35. The highest BCUT2D eigenvalue weighted by Crippen LogP contribution is 2.17. The summed E-state index contributed by atoms with van der Waals surface area (Å²) in [4.78, 5) is 38.0. The van der Waals surface area contributed by atoms with E-state index in [4.69, 9.17) is 14.2 Å². The van der Waals surface area contributed by atoms with E-state index in [9.17, 15) is 14.4 Å². The molecule has 0 amide bonds. The lowest BCUT2D eigenvalue weighted by Crippen LogP contribution is -2.30. The lowest BCUT2D eigenvalue weighted by atomic mass is 10.0. The molecule has 0 radical (unpaired) electrons. The molecule has 0 saturated heterocycles. The highest BCUT2D eigenvalue weighted by molar-refractivity contribution is 5.71. The summed E-state index contributed by atoms with van der Waals surface area (Å²) < 4.78 is 16.8. The zero-order chi connectivity index (χ0) is 49.3. The van der Waals surface area contributed by atoms with Gasteiger partial charge in [0.2, 0.25) is 0 Å². The van der Waals surface area contributed by atoms with Gasteiger partial charge in [-0.3, -0.25) is 14.4 Å². The van der Waals surface area contributed by atoms with Crippen LogP contribution < -0.4 is 0 Å². The average molecular weight is 954 g/mol. The van der Waals surface area contributed by atoms with Crippen LogP contribution in [0.4, 0.5) is 0 Å². The standard InChI is InChI=1S/C62H112O6/c1-4-7-10-13-16-18-20-22-24-26-28-30-32-33-35-37-39-41-43-46-49-52-55-61(64)67-58-59(57-66-60(63)54-51-48-45-15-12-9-6-3)68-62(65)56-53-50-47-44-42-40-38-36-34-31-29-27-25-23-21-19-17-14-11-8-5-2/h8,11,17,19,23,25,29,31,59H,4-7,9-10,12-16,18,20-22,24,26-28,30,32-58H2,1-3H3/b11-8-,19-17-,25-23-,31-29-. The molecule has 0 aliphatic rings. The third-order valence-electron chi connectivity index (χ3n) is 13.1. The van der Waals surface area contributed by atoms with Gasteiger partial charge in [-0.05, 0) is 57.8 Å². The Morgan fingerprint density at radius 2 is 0.574 bits per heavy atom. The van der Waals surface area contributed by atoms with Gasteiger partial charge in [-0.2, -0.15) is 0 Å². The molecule has 0 bridgehead atoms. The van der Waals surface area contributed by atoms with E-state index in [1.54, 1.807) is 0 Å². The molecule has 396 valence electrons. The van der Waals surface area contributed by atoms with E-state index in [2.05, 4.69) is 69.4 Å². The predicted octanol–water partition coefficient (Wildman–Crippen LogP) is 19.8. The van der Waals surface area contributed by atoms with E-state index < -0.39 is 6.10 Å². The Morgan fingerprint density at radius 3 is 0.897 bits per heavy atom. The van der Waals surface area contributed by atoms with Crippen LogP contribution in [0.3, 0.4) is 0 Å². The Bertz CT molecular complexity index is 1190. The van der Waals surface area contributed by atoms with Crippen molar-refractivity contribution in [2.45, 2.75) is 316 Å². The van der Waals surface area contributed by atoms with Gasteiger partial charge >= 0.3 is 17.9 Å². The summed E-state index contributed by atoms with van der Waals surface area (Å²) in [6.07, 6.45) is 69.9. The van der Waals surface area contributed by atoms with Crippen LogP contribution in [0.25, 0.3) is 0 Å². The Balaban J connectivity index is 4.15. The number of rotatable bonds is 54. The molecule has 0 aliphatic carbocycles. The van der Waals surface area contributed by atoms with E-state index in [1.807, 2.05) is 0 Å². The van der Waals surface area contributed by atoms with E-state index in [0.29, 0.717) is 19.3 Å². The molecule has 68 heavy (non-hydrogen) atoms. The van der Waals surface area contributed by atoms with Crippen molar-refractivity contribution in [1.82, 2.24) is 0 Å². The number of carbonyl (C=O) groups excluding carboxylic acids is 3. The number of hydrogen-bond donors (Lipinski definition) is 0. The van der Waals surface area contributed by atoms with Crippen LogP contribution in [0.2, 0.25) is 0 Å². The van der Waals surface area contributed by atoms with Gasteiger partial charge in [0.15, 0.2) is 6.10 Å². The van der Waals surface area contributed by atoms with Crippen LogP contribution >= 0.6 is 0 Å². The molecule has 0 saturated carbocycles. The highest BCUT2D eigenvalue weighted by Gasteiger charge is 2.19. The zero-order valence-electron chi connectivity index (χ0n) is 45.4. The van der Waals surface area contributed by atoms with Crippen molar-refractivity contribution in [3.8, 4) is 0 Å². The average Bonchev–Trinajstić information content (AvgIpc) is 3.34. The second-order valence-corrected chi connectivity index (χ2v) is 19.9. The summed E-state index contributed by atoms with van der Waals surface area (Å²) in [5.74, 6) is -0.872. The fourth-order valence-corrected chi connectivity index (χ4v) is 8.67. The van der Waals surface area contributed by atoms with Gasteiger partial charge < -0.3 is 14.2 Å². The van der Waals surface area contributed by atoms with Crippen LogP contribution in [0.15, 0.2) is 48.6 Å². The SMILES string of the molecule is CC/C=C\C/C=C\C/C=C\C/C=C\CCCCCCCCCCC(=O)OC(COC(=O)CCCCCCCCC)COC(=O)CCCCCCCCCCCCCCCCCCCCCCCC. The number of hydrogen-bond acceptors (Lipinski definition) is 6. The lowest BCUT2D eigenvalue weighted by Gasteiger charge is -2.18. The lowest BCUT2D eigenvalue weighted by molar-refractivity contribution is -0.167. The van der Waals surface area contributed by atoms with Gasteiger partial charge in [0.1, 0.15) is 13.2 Å². The third kappa shape index (κ3) is 54.3. The van der Waals surface area contributed by atoms with Gasteiger partial charge in [0.05, 0.1) is 0 Å². The summed E-state index contributed by atoms with van der Waals surface area (Å²) in [6, 6.07) is 0. The smallest absolute Gasteiger partial charge is 0.306 e. The first kappa shape index (κ1) is 65.4. The Kier molecular flexibility index (Phi) is 54.8. The Labute approximate surface area is 422 Å². The molecule has 0 aromatic carbocycles. The second kappa shape index (κ2) is 57.0. The van der Waals surface area contributed by atoms with Crippen molar-refractivity contribution >= 4 is 17.9 Å². The molecular formula is C62H112O6. The van der Waals surface area contributed by atoms with Crippen molar-refractivity contribution in [3.63, 3.8) is 0 Å². The van der Waals surface area contributed by atoms with E-state index >= 15 is 0 Å². The highest BCUT2D eigenvalue weighted by atomic mass is 16.6. The maximum absolute atomic E-state index is 12.8. The van der Waals surface area contributed by atoms with Crippen molar-refractivity contribution in [1.29, 1.82) is 0 Å². The van der Waals surface area contributed by atoms with Crippen molar-refractivity contribution in [3.05, 3.63) is 48.6 Å². The quantitative estimate of drug-likeness (QED) is 0.0262. The minimum Gasteiger partial charge on any atom is -0.462 e. The molecule has 0 heterocycles. The summed E-state index contributed by atoms with van der Waals surface area (Å²) in [7, 11) is 0. The molecule has 0 N–H and O–H groups in total. The molecule has 6 heteroatoms. The summed E-state index contributed by atoms with van der Waals surface area (Å²) in [6.45, 7) is 6.52. The summed E-state index contributed by atoms with van der Waals surface area (Å²) in [5.41, 5.74) is 0. The van der Waals surface area contributed by atoms with Crippen molar-refractivity contribution in [2.75, 3.05) is 13.2 Å². The van der Waals surface area contributed by atoms with Gasteiger partial charge in [0, 0.05) is 19.3 Å². The number of allylic oxidation sites excluding steroid dienone is 8. The maximum Gasteiger partial charge on any atom is 0.306 e. The molecule has 1 atom stereocenters. The molecule has 0 aromatic heterocycles. The van der Waals surface area contributed by atoms with Gasteiger partial charge in [-0.15, -0.1) is 0 Å².